The molecule has 0 N–H and O–H groups in total. The number of rotatable bonds is 1. The lowest BCUT2D eigenvalue weighted by Crippen LogP contribution is -2.19. The number of fused-ring (bicyclic) bond motifs is 7. The zero-order valence-electron chi connectivity index (χ0n) is 20.0. The predicted octanol–water partition coefficient (Wildman–Crippen LogP) is 7.86. The summed E-state index contributed by atoms with van der Waals surface area (Å²) in [5.41, 5.74) is 14.6. The molecule has 1 fully saturated rings. The van der Waals surface area contributed by atoms with Gasteiger partial charge >= 0.3 is 0 Å². The van der Waals surface area contributed by atoms with Crippen LogP contribution in [0.4, 0.5) is 0 Å². The van der Waals surface area contributed by atoms with Gasteiger partial charge in [0, 0.05) is 27.8 Å². The van der Waals surface area contributed by atoms with Crippen molar-refractivity contribution in [3.63, 3.8) is 0 Å². The van der Waals surface area contributed by atoms with Crippen LogP contribution in [0.3, 0.4) is 0 Å². The van der Waals surface area contributed by atoms with Crippen LogP contribution in [-0.4, -0.2) is 4.57 Å². The van der Waals surface area contributed by atoms with Crippen LogP contribution in [0.5, 0.6) is 0 Å². The number of hydrogen-bond donors (Lipinski definition) is 0. The summed E-state index contributed by atoms with van der Waals surface area (Å²) in [4.78, 5) is 0. The van der Waals surface area contributed by atoms with E-state index in [1.54, 1.807) is 5.57 Å². The lowest BCUT2D eigenvalue weighted by Gasteiger charge is -2.30. The van der Waals surface area contributed by atoms with Crippen molar-refractivity contribution in [2.45, 2.75) is 64.7 Å². The van der Waals surface area contributed by atoms with Crippen molar-refractivity contribution in [3.8, 4) is 11.8 Å². The molecule has 1 heterocycles. The quantitative estimate of drug-likeness (QED) is 0.377. The third-order valence-corrected chi connectivity index (χ3v) is 8.77. The number of allylic oxidation sites excluding steroid dienone is 3. The molecule has 3 aromatic rings. The molecular weight excluding hydrogens is 412 g/mol. The van der Waals surface area contributed by atoms with Gasteiger partial charge in [-0.2, -0.15) is 5.26 Å². The van der Waals surface area contributed by atoms with Gasteiger partial charge in [-0.05, 0) is 87.0 Å². The molecule has 2 aromatic carbocycles. The van der Waals surface area contributed by atoms with Crippen LogP contribution in [0.15, 0.2) is 35.9 Å². The molecule has 0 bridgehead atoms. The Morgan fingerprint density at radius 3 is 2.71 bits per heavy atom. The highest BCUT2D eigenvalue weighted by molar-refractivity contribution is 6.00. The molecule has 1 aromatic heterocycles. The lowest BCUT2D eigenvalue weighted by molar-refractivity contribution is 0.445. The molecule has 1 unspecified atom stereocenters. The molecule has 34 heavy (non-hydrogen) atoms. The summed E-state index contributed by atoms with van der Waals surface area (Å²) in [7, 11) is 0. The summed E-state index contributed by atoms with van der Waals surface area (Å²) in [6.45, 7) is 2.13. The highest BCUT2D eigenvalue weighted by Crippen LogP contribution is 2.46. The molecule has 0 aliphatic heterocycles. The second-order valence-electron chi connectivity index (χ2n) is 10.6. The van der Waals surface area contributed by atoms with Crippen LogP contribution < -0.4 is 0 Å². The van der Waals surface area contributed by atoms with Gasteiger partial charge in [0.25, 0.3) is 0 Å². The van der Waals surface area contributed by atoms with Crippen molar-refractivity contribution in [3.05, 3.63) is 80.6 Å². The molecule has 2 nitrogen and oxygen atoms in total. The van der Waals surface area contributed by atoms with Crippen LogP contribution in [0.1, 0.15) is 83.2 Å². The number of aromatic nitrogens is 1. The van der Waals surface area contributed by atoms with Gasteiger partial charge in [-0.3, -0.25) is 0 Å². The van der Waals surface area contributed by atoms with Gasteiger partial charge in [-0.25, -0.2) is 0 Å². The Morgan fingerprint density at radius 2 is 1.82 bits per heavy atom. The van der Waals surface area contributed by atoms with Crippen molar-refractivity contribution in [2.75, 3.05) is 0 Å². The number of hydrogen-bond acceptors (Lipinski definition) is 1. The second kappa shape index (κ2) is 7.60. The fourth-order valence-electron chi connectivity index (χ4n) is 7.02. The molecule has 2 heteroatoms. The fraction of sp³-hybridized carbons (Fsp3) is 0.344. The van der Waals surface area contributed by atoms with E-state index in [0.717, 1.165) is 43.2 Å². The largest absolute Gasteiger partial charge is 0.312 e. The Kier molecular flexibility index (Phi) is 4.49. The van der Waals surface area contributed by atoms with E-state index in [9.17, 15) is 5.26 Å². The van der Waals surface area contributed by atoms with E-state index >= 15 is 0 Å². The summed E-state index contributed by atoms with van der Waals surface area (Å²) in [6, 6.07) is 9.44. The fourth-order valence-corrected chi connectivity index (χ4v) is 7.02. The van der Waals surface area contributed by atoms with Gasteiger partial charge in [-0.15, -0.1) is 0 Å². The van der Waals surface area contributed by atoms with Crippen molar-refractivity contribution in [1.82, 2.24) is 4.57 Å². The van der Waals surface area contributed by atoms with Gasteiger partial charge in [-0.1, -0.05) is 54.5 Å². The highest BCUT2D eigenvalue weighted by Gasteiger charge is 2.31. The Labute approximate surface area is 201 Å². The smallest absolute Gasteiger partial charge is 0.0995 e. The van der Waals surface area contributed by atoms with Crippen LogP contribution in [-0.2, 0) is 19.3 Å². The molecule has 0 saturated heterocycles. The SMILES string of the molecule is Cc1c(C#N)cc(-n2c3c(c4ccc5c(c42)C=CCC5)C=C2CCCCC2C3)c2c1CCC=C2. The maximum atomic E-state index is 10.0. The van der Waals surface area contributed by atoms with Crippen molar-refractivity contribution < 1.29 is 0 Å². The van der Waals surface area contributed by atoms with E-state index in [-0.39, 0.29) is 0 Å². The average Bonchev–Trinajstić information content (AvgIpc) is 3.21. The first-order valence-corrected chi connectivity index (χ1v) is 13.0. The number of nitriles is 1. The minimum Gasteiger partial charge on any atom is -0.312 e. The topological polar surface area (TPSA) is 28.7 Å². The number of nitrogens with zero attached hydrogens (tertiary/aromatic N) is 2. The van der Waals surface area contributed by atoms with Crippen molar-refractivity contribution in [1.29, 1.82) is 5.26 Å². The van der Waals surface area contributed by atoms with Gasteiger partial charge in [0.2, 0.25) is 0 Å². The lowest BCUT2D eigenvalue weighted by atomic mass is 9.77. The zero-order chi connectivity index (χ0) is 22.8. The normalized spacial score (nSPS) is 20.2. The van der Waals surface area contributed by atoms with Crippen LogP contribution in [0.25, 0.3) is 34.8 Å². The predicted molar refractivity (Wildman–Crippen MR) is 141 cm³/mol. The Morgan fingerprint density at radius 1 is 0.971 bits per heavy atom. The summed E-state index contributed by atoms with van der Waals surface area (Å²) in [5.74, 6) is 0.669. The first kappa shape index (κ1) is 20.1. The van der Waals surface area contributed by atoms with E-state index in [4.69, 9.17) is 0 Å². The molecule has 1 atom stereocenters. The van der Waals surface area contributed by atoms with E-state index in [1.807, 2.05) is 0 Å². The monoisotopic (exact) mass is 442 g/mol. The molecule has 4 aliphatic rings. The first-order valence-electron chi connectivity index (χ1n) is 13.0. The minimum atomic E-state index is 0.669. The van der Waals surface area contributed by atoms with E-state index in [0.29, 0.717) is 5.92 Å². The maximum Gasteiger partial charge on any atom is 0.0995 e. The third kappa shape index (κ3) is 2.80. The zero-order valence-corrected chi connectivity index (χ0v) is 20.0. The van der Waals surface area contributed by atoms with Gasteiger partial charge in [0.15, 0.2) is 0 Å². The molecule has 0 radical (unpaired) electrons. The number of aryl methyl sites for hydroxylation is 1. The molecule has 4 aliphatic carbocycles. The van der Waals surface area contributed by atoms with E-state index in [1.165, 1.54) is 75.8 Å². The van der Waals surface area contributed by atoms with Crippen LogP contribution >= 0.6 is 0 Å². The maximum absolute atomic E-state index is 10.0. The molecule has 7 rings (SSSR count). The number of benzene rings is 2. The Bertz CT molecular complexity index is 1500. The van der Waals surface area contributed by atoms with Gasteiger partial charge in [0.05, 0.1) is 22.8 Å². The van der Waals surface area contributed by atoms with Crippen LogP contribution in [0, 0.1) is 24.2 Å². The van der Waals surface area contributed by atoms with Crippen molar-refractivity contribution in [2.24, 2.45) is 5.92 Å². The molecule has 1 saturated carbocycles. The highest BCUT2D eigenvalue weighted by atomic mass is 15.0. The summed E-state index contributed by atoms with van der Waals surface area (Å²) >= 11 is 0. The first-order chi connectivity index (χ1) is 16.7. The third-order valence-electron chi connectivity index (χ3n) is 8.77. The van der Waals surface area contributed by atoms with E-state index in [2.05, 4.69) is 66.1 Å². The Hall–Kier alpha value is -3.31. The van der Waals surface area contributed by atoms with Crippen molar-refractivity contribution >= 4 is 29.1 Å². The van der Waals surface area contributed by atoms with Gasteiger partial charge < -0.3 is 4.57 Å². The second-order valence-corrected chi connectivity index (χ2v) is 10.6. The standard InChI is InChI=1S/C32H30N2/c1-20-24(19-33)18-30(27-13-7-6-11-25(20)27)34-31-17-23-10-3-2-9-22(23)16-29(31)28-15-14-21-8-4-5-12-26(21)32(28)34/h5,7,12-16,18,23H,2-4,6,8-11,17H2,1H3. The Balaban J connectivity index is 1.62. The van der Waals surface area contributed by atoms with E-state index < -0.39 is 0 Å². The average molecular weight is 443 g/mol. The summed E-state index contributed by atoms with van der Waals surface area (Å²) in [5, 5.41) is 11.4. The summed E-state index contributed by atoms with van der Waals surface area (Å²) < 4.78 is 2.58. The summed E-state index contributed by atoms with van der Waals surface area (Å²) in [6.07, 6.45) is 22.5. The molecular formula is C32H30N2. The molecule has 168 valence electrons. The van der Waals surface area contributed by atoms with Crippen LogP contribution in [0.2, 0.25) is 0 Å². The minimum absolute atomic E-state index is 0.669. The molecule has 0 amide bonds. The van der Waals surface area contributed by atoms with Gasteiger partial charge in [0.1, 0.15) is 0 Å². The molecule has 0 spiro atoms.